The van der Waals surface area contributed by atoms with E-state index < -0.39 is 6.17 Å². The van der Waals surface area contributed by atoms with Crippen LogP contribution in [0, 0.1) is 0 Å². The lowest BCUT2D eigenvalue weighted by atomic mass is 10.3. The third-order valence-corrected chi connectivity index (χ3v) is 1.83. The first-order chi connectivity index (χ1) is 5.83. The van der Waals surface area contributed by atoms with Gasteiger partial charge in [-0.05, 0) is 6.42 Å². The van der Waals surface area contributed by atoms with Crippen molar-refractivity contribution in [3.63, 3.8) is 0 Å². The van der Waals surface area contributed by atoms with Gasteiger partial charge in [0.05, 0.1) is 6.61 Å². The van der Waals surface area contributed by atoms with Crippen molar-refractivity contribution in [1.82, 2.24) is 4.90 Å². The Bertz CT molecular complexity index is 101. The standard InChI is InChI=1S/C7H14FNO.C2H6/c1-10-5-4-9-3-2-7(8)6-9;1-2/h7H,2-6H2,1H3;1-2H3. The topological polar surface area (TPSA) is 12.5 Å². The summed E-state index contributed by atoms with van der Waals surface area (Å²) in [6.45, 7) is 7.08. The van der Waals surface area contributed by atoms with E-state index in [1.807, 2.05) is 13.8 Å². The van der Waals surface area contributed by atoms with E-state index in [1.165, 1.54) is 0 Å². The Balaban J connectivity index is 0.000000561. The van der Waals surface area contributed by atoms with Crippen LogP contribution in [0.25, 0.3) is 0 Å². The second-order valence-corrected chi connectivity index (χ2v) is 2.68. The molecule has 0 spiro atoms. The Kier molecular flexibility index (Phi) is 7.40. The van der Waals surface area contributed by atoms with Crippen molar-refractivity contribution < 1.29 is 9.13 Å². The Hall–Kier alpha value is -0.150. The smallest absolute Gasteiger partial charge is 0.114 e. The highest BCUT2D eigenvalue weighted by Gasteiger charge is 2.20. The molecule has 1 aliphatic rings. The molecule has 0 bridgehead atoms. The number of hydrogen-bond donors (Lipinski definition) is 0. The van der Waals surface area contributed by atoms with Gasteiger partial charge in [0, 0.05) is 26.7 Å². The van der Waals surface area contributed by atoms with Gasteiger partial charge in [-0.25, -0.2) is 4.39 Å². The molecule has 1 atom stereocenters. The summed E-state index contributed by atoms with van der Waals surface area (Å²) in [7, 11) is 1.67. The van der Waals surface area contributed by atoms with E-state index >= 15 is 0 Å². The van der Waals surface area contributed by atoms with Crippen molar-refractivity contribution in [2.45, 2.75) is 26.4 Å². The molecule has 0 aliphatic carbocycles. The van der Waals surface area contributed by atoms with E-state index in [2.05, 4.69) is 4.90 Å². The van der Waals surface area contributed by atoms with Gasteiger partial charge in [0.15, 0.2) is 0 Å². The van der Waals surface area contributed by atoms with E-state index in [4.69, 9.17) is 4.74 Å². The summed E-state index contributed by atoms with van der Waals surface area (Å²) in [6, 6.07) is 0. The van der Waals surface area contributed by atoms with Crippen molar-refractivity contribution in [1.29, 1.82) is 0 Å². The molecule has 1 fully saturated rings. The molecule has 1 heterocycles. The second kappa shape index (κ2) is 7.50. The molecular formula is C9H20FNO. The first kappa shape index (κ1) is 11.8. The Labute approximate surface area is 74.7 Å². The number of ether oxygens (including phenoxy) is 1. The number of halogens is 1. The number of hydrogen-bond acceptors (Lipinski definition) is 2. The summed E-state index contributed by atoms with van der Waals surface area (Å²) in [6.07, 6.45) is 0.0980. The van der Waals surface area contributed by atoms with Crippen LogP contribution >= 0.6 is 0 Å². The molecule has 74 valence electrons. The largest absolute Gasteiger partial charge is 0.383 e. The number of alkyl halides is 1. The summed E-state index contributed by atoms with van der Waals surface area (Å²) in [5.74, 6) is 0. The minimum atomic E-state index is -0.600. The first-order valence-corrected chi connectivity index (χ1v) is 4.68. The van der Waals surface area contributed by atoms with E-state index in [1.54, 1.807) is 7.11 Å². The molecule has 0 radical (unpaired) electrons. The molecule has 3 heteroatoms. The minimum Gasteiger partial charge on any atom is -0.383 e. The van der Waals surface area contributed by atoms with E-state index in [9.17, 15) is 4.39 Å². The monoisotopic (exact) mass is 177 g/mol. The highest BCUT2D eigenvalue weighted by Crippen LogP contribution is 2.10. The van der Waals surface area contributed by atoms with Crippen LogP contribution in [0.4, 0.5) is 4.39 Å². The fraction of sp³-hybridized carbons (Fsp3) is 1.00. The summed E-state index contributed by atoms with van der Waals surface area (Å²) in [5.41, 5.74) is 0. The third kappa shape index (κ3) is 4.67. The Morgan fingerprint density at radius 3 is 2.58 bits per heavy atom. The van der Waals surface area contributed by atoms with E-state index in [-0.39, 0.29) is 0 Å². The quantitative estimate of drug-likeness (QED) is 0.650. The van der Waals surface area contributed by atoms with Gasteiger partial charge in [-0.2, -0.15) is 0 Å². The lowest BCUT2D eigenvalue weighted by molar-refractivity contribution is 0.157. The zero-order valence-corrected chi connectivity index (χ0v) is 8.35. The molecule has 0 aromatic carbocycles. The van der Waals surface area contributed by atoms with Crippen LogP contribution in [0.3, 0.4) is 0 Å². The fourth-order valence-electron chi connectivity index (χ4n) is 1.21. The van der Waals surface area contributed by atoms with Crippen molar-refractivity contribution in [3.05, 3.63) is 0 Å². The molecule has 0 saturated carbocycles. The third-order valence-electron chi connectivity index (χ3n) is 1.83. The van der Waals surface area contributed by atoms with Crippen molar-refractivity contribution in [2.75, 3.05) is 33.4 Å². The SMILES string of the molecule is CC.COCCN1CCC(F)C1. The summed E-state index contributed by atoms with van der Waals surface area (Å²) < 4.78 is 17.4. The van der Waals surface area contributed by atoms with Crippen molar-refractivity contribution in [2.24, 2.45) is 0 Å². The minimum absolute atomic E-state index is 0.600. The van der Waals surface area contributed by atoms with E-state index in [0.29, 0.717) is 19.6 Å². The van der Waals surface area contributed by atoms with Crippen LogP contribution in [-0.4, -0.2) is 44.4 Å². The Morgan fingerprint density at radius 1 is 1.50 bits per heavy atom. The molecule has 1 aliphatic heterocycles. The molecule has 1 rings (SSSR count). The van der Waals surface area contributed by atoms with Crippen LogP contribution in [-0.2, 0) is 4.74 Å². The van der Waals surface area contributed by atoms with Crippen LogP contribution < -0.4 is 0 Å². The fourth-order valence-corrected chi connectivity index (χ4v) is 1.21. The molecule has 1 unspecified atom stereocenters. The molecule has 2 nitrogen and oxygen atoms in total. The highest BCUT2D eigenvalue weighted by atomic mass is 19.1. The molecule has 0 amide bonds. The van der Waals surface area contributed by atoms with Gasteiger partial charge >= 0.3 is 0 Å². The highest BCUT2D eigenvalue weighted by molar-refractivity contribution is 4.73. The maximum atomic E-state index is 12.5. The Morgan fingerprint density at radius 2 is 2.17 bits per heavy atom. The number of rotatable bonds is 3. The van der Waals surface area contributed by atoms with E-state index in [0.717, 1.165) is 13.1 Å². The molecule has 1 saturated heterocycles. The lowest BCUT2D eigenvalue weighted by Crippen LogP contribution is -2.24. The summed E-state index contributed by atoms with van der Waals surface area (Å²) in [4.78, 5) is 2.09. The van der Waals surface area contributed by atoms with Gasteiger partial charge in [0.1, 0.15) is 6.17 Å². The van der Waals surface area contributed by atoms with Crippen LogP contribution in [0.5, 0.6) is 0 Å². The van der Waals surface area contributed by atoms with Crippen LogP contribution in [0.1, 0.15) is 20.3 Å². The predicted molar refractivity (Wildman–Crippen MR) is 49.2 cm³/mol. The average Bonchev–Trinajstić information content (AvgIpc) is 2.51. The molecule has 0 aromatic rings. The van der Waals surface area contributed by atoms with Gasteiger partial charge < -0.3 is 4.74 Å². The maximum Gasteiger partial charge on any atom is 0.114 e. The number of likely N-dealkylation sites (tertiary alicyclic amines) is 1. The predicted octanol–water partition coefficient (Wildman–Crippen LogP) is 1.70. The van der Waals surface area contributed by atoms with Gasteiger partial charge in [-0.3, -0.25) is 4.90 Å². The lowest BCUT2D eigenvalue weighted by Gasteiger charge is -2.12. The average molecular weight is 177 g/mol. The number of methoxy groups -OCH3 is 1. The van der Waals surface area contributed by atoms with Crippen LogP contribution in [0.2, 0.25) is 0 Å². The van der Waals surface area contributed by atoms with Crippen molar-refractivity contribution in [3.8, 4) is 0 Å². The first-order valence-electron chi connectivity index (χ1n) is 4.68. The molecular weight excluding hydrogens is 157 g/mol. The normalized spacial score (nSPS) is 23.5. The zero-order valence-electron chi connectivity index (χ0n) is 8.35. The molecule has 12 heavy (non-hydrogen) atoms. The summed E-state index contributed by atoms with van der Waals surface area (Å²) >= 11 is 0. The van der Waals surface area contributed by atoms with Gasteiger partial charge in [-0.15, -0.1) is 0 Å². The molecule has 0 aromatic heterocycles. The van der Waals surface area contributed by atoms with Crippen molar-refractivity contribution >= 4 is 0 Å². The zero-order chi connectivity index (χ0) is 9.40. The van der Waals surface area contributed by atoms with Crippen LogP contribution in [0.15, 0.2) is 0 Å². The molecule has 0 N–H and O–H groups in total. The number of nitrogens with zero attached hydrogens (tertiary/aromatic N) is 1. The second-order valence-electron chi connectivity index (χ2n) is 2.68. The summed E-state index contributed by atoms with van der Waals surface area (Å²) in [5, 5.41) is 0. The van der Waals surface area contributed by atoms with Gasteiger partial charge in [0.25, 0.3) is 0 Å². The maximum absolute atomic E-state index is 12.5. The van der Waals surface area contributed by atoms with Gasteiger partial charge in [-0.1, -0.05) is 13.8 Å². The van der Waals surface area contributed by atoms with Gasteiger partial charge in [0.2, 0.25) is 0 Å².